The summed E-state index contributed by atoms with van der Waals surface area (Å²) in [7, 11) is 4.07. The van der Waals surface area contributed by atoms with Crippen LogP contribution in [0.1, 0.15) is 15.9 Å². The molecule has 7 nitrogen and oxygen atoms in total. The second-order valence-corrected chi connectivity index (χ2v) is 6.75. The van der Waals surface area contributed by atoms with Crippen LogP contribution in [0.25, 0.3) is 10.9 Å². The van der Waals surface area contributed by atoms with E-state index in [1.54, 1.807) is 18.3 Å². The molecule has 0 aliphatic heterocycles. The number of carbonyl (C=O) groups excluding carboxylic acids is 1. The fourth-order valence-electron chi connectivity index (χ4n) is 3.01. The van der Waals surface area contributed by atoms with Crippen LogP contribution in [0, 0.1) is 11.3 Å². The number of para-hydroxylation sites is 1. The van der Waals surface area contributed by atoms with Crippen molar-refractivity contribution in [2.24, 2.45) is 0 Å². The molecule has 0 aliphatic rings. The van der Waals surface area contributed by atoms with Crippen LogP contribution in [-0.2, 0) is 6.54 Å². The number of hydrogen-bond donors (Lipinski definition) is 2. The zero-order valence-electron chi connectivity index (χ0n) is 16.1. The van der Waals surface area contributed by atoms with Crippen molar-refractivity contribution in [3.05, 3.63) is 59.9 Å². The Morgan fingerprint density at radius 3 is 2.82 bits per heavy atom. The number of likely N-dealkylation sites (N-methyl/N-ethyl adjacent to an activating group) is 1. The first-order valence-electron chi connectivity index (χ1n) is 9.20. The third-order valence-electron chi connectivity index (χ3n) is 4.45. The van der Waals surface area contributed by atoms with E-state index < -0.39 is 0 Å². The molecular formula is C21H24N6O. The number of pyridine rings is 1. The maximum atomic E-state index is 12.7. The van der Waals surface area contributed by atoms with Gasteiger partial charge in [0.1, 0.15) is 11.9 Å². The number of fused-ring (bicyclic) bond motifs is 1. The van der Waals surface area contributed by atoms with E-state index in [2.05, 4.69) is 31.2 Å². The smallest absolute Gasteiger partial charge is 0.253 e. The van der Waals surface area contributed by atoms with Crippen LogP contribution in [0.2, 0.25) is 0 Å². The van der Waals surface area contributed by atoms with E-state index in [1.807, 2.05) is 44.6 Å². The summed E-state index contributed by atoms with van der Waals surface area (Å²) in [5.41, 5.74) is 2.21. The van der Waals surface area contributed by atoms with Crippen LogP contribution in [0.3, 0.4) is 0 Å². The molecular weight excluding hydrogens is 352 g/mol. The normalized spacial score (nSPS) is 10.8. The molecule has 0 aliphatic carbocycles. The lowest BCUT2D eigenvalue weighted by Crippen LogP contribution is -2.29. The monoisotopic (exact) mass is 376 g/mol. The summed E-state index contributed by atoms with van der Waals surface area (Å²) in [6.07, 6.45) is 3.55. The number of nitriles is 1. The molecule has 0 unspecified atom stereocenters. The molecule has 0 saturated heterocycles. The third-order valence-corrected chi connectivity index (χ3v) is 4.45. The molecule has 0 atom stereocenters. The van der Waals surface area contributed by atoms with Crippen molar-refractivity contribution >= 4 is 22.6 Å². The third kappa shape index (κ3) is 4.48. The molecule has 0 spiro atoms. The fourth-order valence-corrected chi connectivity index (χ4v) is 3.01. The Hall–Kier alpha value is -3.37. The highest BCUT2D eigenvalue weighted by molar-refractivity contribution is 6.07. The molecule has 1 aromatic carbocycles. The van der Waals surface area contributed by atoms with Crippen LogP contribution in [0.15, 0.2) is 48.8 Å². The van der Waals surface area contributed by atoms with E-state index in [1.165, 1.54) is 0 Å². The van der Waals surface area contributed by atoms with Gasteiger partial charge >= 0.3 is 0 Å². The van der Waals surface area contributed by atoms with E-state index >= 15 is 0 Å². The molecule has 0 fully saturated rings. The first kappa shape index (κ1) is 19.4. The Bertz CT molecular complexity index is 1000. The summed E-state index contributed by atoms with van der Waals surface area (Å²) in [6.45, 7) is 2.63. The second kappa shape index (κ2) is 9.02. The Balaban J connectivity index is 1.64. The first-order chi connectivity index (χ1) is 13.6. The van der Waals surface area contributed by atoms with Gasteiger partial charge in [0.25, 0.3) is 5.91 Å². The predicted molar refractivity (Wildman–Crippen MR) is 110 cm³/mol. The van der Waals surface area contributed by atoms with E-state index in [0.717, 1.165) is 24.0 Å². The largest absolute Gasteiger partial charge is 0.367 e. The van der Waals surface area contributed by atoms with Gasteiger partial charge in [0.15, 0.2) is 0 Å². The highest BCUT2D eigenvalue weighted by atomic mass is 16.1. The number of hydrogen-bond acceptors (Lipinski definition) is 5. The quantitative estimate of drug-likeness (QED) is 0.589. The number of benzene rings is 1. The molecule has 2 heterocycles. The lowest BCUT2D eigenvalue weighted by atomic mass is 10.1. The van der Waals surface area contributed by atoms with Crippen molar-refractivity contribution in [1.29, 1.82) is 5.26 Å². The van der Waals surface area contributed by atoms with Gasteiger partial charge in [-0.2, -0.15) is 5.26 Å². The van der Waals surface area contributed by atoms with Crippen molar-refractivity contribution in [2.45, 2.75) is 6.54 Å². The van der Waals surface area contributed by atoms with Crippen LogP contribution in [0.5, 0.6) is 0 Å². The van der Waals surface area contributed by atoms with Gasteiger partial charge in [-0.15, -0.1) is 0 Å². The summed E-state index contributed by atoms with van der Waals surface area (Å²) in [5.74, 6) is 0.419. The molecule has 0 bridgehead atoms. The average molecular weight is 376 g/mol. The van der Waals surface area contributed by atoms with Gasteiger partial charge in [-0.1, -0.05) is 18.2 Å². The average Bonchev–Trinajstić information content (AvgIpc) is 3.08. The number of nitrogens with one attached hydrogen (secondary N) is 2. The molecule has 28 heavy (non-hydrogen) atoms. The number of nitrogens with zero attached hydrogens (tertiary/aromatic N) is 4. The molecule has 7 heteroatoms. The van der Waals surface area contributed by atoms with Crippen molar-refractivity contribution in [1.82, 2.24) is 19.8 Å². The Kier molecular flexibility index (Phi) is 6.25. The second-order valence-electron chi connectivity index (χ2n) is 6.75. The summed E-state index contributed by atoms with van der Waals surface area (Å²) in [4.78, 5) is 19.0. The van der Waals surface area contributed by atoms with Gasteiger partial charge in [-0.05, 0) is 32.3 Å². The Labute approximate surface area is 164 Å². The van der Waals surface area contributed by atoms with Gasteiger partial charge in [0.2, 0.25) is 0 Å². The number of carbonyl (C=O) groups is 1. The lowest BCUT2D eigenvalue weighted by Gasteiger charge is -2.10. The Morgan fingerprint density at radius 2 is 2.04 bits per heavy atom. The van der Waals surface area contributed by atoms with Crippen LogP contribution in [0.4, 0.5) is 5.82 Å². The van der Waals surface area contributed by atoms with Crippen molar-refractivity contribution < 1.29 is 4.79 Å². The fraction of sp³-hybridized carbons (Fsp3) is 0.286. The molecule has 3 rings (SSSR count). The zero-order valence-corrected chi connectivity index (χ0v) is 16.1. The van der Waals surface area contributed by atoms with E-state index in [-0.39, 0.29) is 5.91 Å². The maximum Gasteiger partial charge on any atom is 0.253 e. The van der Waals surface area contributed by atoms with Gasteiger partial charge in [0, 0.05) is 49.5 Å². The summed E-state index contributed by atoms with van der Waals surface area (Å²) in [6, 6.07) is 13.5. The van der Waals surface area contributed by atoms with Gasteiger partial charge in [-0.3, -0.25) is 4.79 Å². The maximum absolute atomic E-state index is 12.7. The van der Waals surface area contributed by atoms with Crippen LogP contribution >= 0.6 is 0 Å². The molecule has 0 saturated carbocycles. The lowest BCUT2D eigenvalue weighted by molar-refractivity contribution is 0.0956. The van der Waals surface area contributed by atoms with Gasteiger partial charge in [-0.25, -0.2) is 4.98 Å². The number of aromatic nitrogens is 2. The number of rotatable bonds is 8. The van der Waals surface area contributed by atoms with Crippen LogP contribution in [-0.4, -0.2) is 54.1 Å². The molecule has 3 aromatic rings. The molecule has 2 N–H and O–H groups in total. The number of anilines is 1. The molecule has 144 valence electrons. The standard InChI is InChI=1S/C21H24N6O/c1-26(2)12-13-27-15-18(17-7-3-4-8-19(17)27)21(28)25-11-10-24-20-16(14-22)6-5-9-23-20/h3-9,15H,10-13H2,1-2H3,(H,23,24)(H,25,28). The molecule has 1 amide bonds. The van der Waals surface area contributed by atoms with Crippen LogP contribution < -0.4 is 10.6 Å². The minimum atomic E-state index is -0.108. The van der Waals surface area contributed by atoms with Crippen molar-refractivity contribution in [2.75, 3.05) is 39.0 Å². The van der Waals surface area contributed by atoms with Crippen molar-refractivity contribution in [3.8, 4) is 6.07 Å². The molecule has 0 radical (unpaired) electrons. The van der Waals surface area contributed by atoms with Gasteiger partial charge in [0.05, 0.1) is 11.1 Å². The highest BCUT2D eigenvalue weighted by Crippen LogP contribution is 2.21. The van der Waals surface area contributed by atoms with E-state index in [9.17, 15) is 4.79 Å². The summed E-state index contributed by atoms with van der Waals surface area (Å²) >= 11 is 0. The number of amides is 1. The minimum absolute atomic E-state index is 0.108. The zero-order chi connectivity index (χ0) is 19.9. The molecule has 2 aromatic heterocycles. The predicted octanol–water partition coefficient (Wildman–Crippen LogP) is 2.31. The Morgan fingerprint density at radius 1 is 1.21 bits per heavy atom. The van der Waals surface area contributed by atoms with E-state index in [4.69, 9.17) is 5.26 Å². The minimum Gasteiger partial charge on any atom is -0.367 e. The summed E-state index contributed by atoms with van der Waals surface area (Å²) in [5, 5.41) is 16.1. The summed E-state index contributed by atoms with van der Waals surface area (Å²) < 4.78 is 2.12. The van der Waals surface area contributed by atoms with E-state index in [0.29, 0.717) is 30.0 Å². The first-order valence-corrected chi connectivity index (χ1v) is 9.20. The van der Waals surface area contributed by atoms with Crippen molar-refractivity contribution in [3.63, 3.8) is 0 Å². The highest BCUT2D eigenvalue weighted by Gasteiger charge is 2.14. The van der Waals surface area contributed by atoms with Gasteiger partial charge < -0.3 is 20.1 Å². The SMILES string of the molecule is CN(C)CCn1cc(C(=O)NCCNc2ncccc2C#N)c2ccccc21. The topological polar surface area (TPSA) is 86.0 Å².